The lowest BCUT2D eigenvalue weighted by Crippen LogP contribution is -2.42. The fourth-order valence-corrected chi connectivity index (χ4v) is 2.72. The molecule has 1 aromatic rings. The maximum Gasteiger partial charge on any atom is 0.280 e. The summed E-state index contributed by atoms with van der Waals surface area (Å²) < 4.78 is 5.05. The number of piperidine rings is 1. The normalized spacial score (nSPS) is 19.2. The summed E-state index contributed by atoms with van der Waals surface area (Å²) in [5, 5.41) is 14.6. The van der Waals surface area contributed by atoms with Gasteiger partial charge in [-0.15, -0.1) is 0 Å². The smallest absolute Gasteiger partial charge is 0.280 e. The van der Waals surface area contributed by atoms with Crippen molar-refractivity contribution in [3.63, 3.8) is 0 Å². The number of nitrogens with zero attached hydrogens (tertiary/aromatic N) is 1. The first-order valence-corrected chi connectivity index (χ1v) is 6.78. The van der Waals surface area contributed by atoms with Crippen LogP contribution in [0.5, 0.6) is 5.75 Å². The van der Waals surface area contributed by atoms with Crippen LogP contribution in [0, 0.1) is 10.1 Å². The highest BCUT2D eigenvalue weighted by Crippen LogP contribution is 2.32. The van der Waals surface area contributed by atoms with Gasteiger partial charge in [-0.05, 0) is 38.5 Å². The van der Waals surface area contributed by atoms with Crippen molar-refractivity contribution in [2.24, 2.45) is 0 Å². The maximum atomic E-state index is 11.2. The summed E-state index contributed by atoms with van der Waals surface area (Å²) in [7, 11) is 1.50. The average Bonchev–Trinajstić information content (AvgIpc) is 2.36. The predicted octanol–water partition coefficient (Wildman–Crippen LogP) is 3.66. The third kappa shape index (κ3) is 3.62. The molecule has 1 aliphatic rings. The number of benzene rings is 1. The van der Waals surface area contributed by atoms with Gasteiger partial charge in [0.2, 0.25) is 0 Å². The number of nitrogens with one attached hydrogen (secondary N) is 1. The van der Waals surface area contributed by atoms with E-state index >= 15 is 0 Å². The summed E-state index contributed by atoms with van der Waals surface area (Å²) in [6.45, 7) is 8.16. The highest BCUT2D eigenvalue weighted by Gasteiger charge is 2.26. The third-order valence-electron chi connectivity index (χ3n) is 3.42. The first-order chi connectivity index (χ1) is 9.80. The molecule has 0 bridgehead atoms. The molecule has 0 radical (unpaired) electrons. The van der Waals surface area contributed by atoms with Crippen molar-refractivity contribution >= 4 is 11.8 Å². The van der Waals surface area contributed by atoms with Gasteiger partial charge in [-0.25, -0.2) is 0 Å². The number of hydrogen-bond donors (Lipinski definition) is 1. The first-order valence-electron chi connectivity index (χ1n) is 6.78. The SMILES string of the molecule is C=C1C/C(=C/c2ccc(OC)cc2[N+](=O)[O-])CC(C)(C)N1. The molecule has 1 N–H and O–H groups in total. The number of methoxy groups -OCH3 is 1. The highest BCUT2D eigenvalue weighted by molar-refractivity contribution is 5.65. The molecule has 1 saturated heterocycles. The van der Waals surface area contributed by atoms with Gasteiger partial charge < -0.3 is 10.1 Å². The number of ether oxygens (including phenoxy) is 1. The Morgan fingerprint density at radius 2 is 2.19 bits per heavy atom. The minimum absolute atomic E-state index is 0.0591. The molecule has 1 heterocycles. The number of nitro benzene ring substituents is 1. The van der Waals surface area contributed by atoms with Gasteiger partial charge in [0, 0.05) is 17.7 Å². The number of nitro groups is 1. The third-order valence-corrected chi connectivity index (χ3v) is 3.42. The summed E-state index contributed by atoms with van der Waals surface area (Å²) in [4.78, 5) is 10.8. The van der Waals surface area contributed by atoms with Crippen LogP contribution in [0.25, 0.3) is 6.08 Å². The molecule has 5 heteroatoms. The van der Waals surface area contributed by atoms with E-state index < -0.39 is 0 Å². The van der Waals surface area contributed by atoms with E-state index in [2.05, 4.69) is 25.7 Å². The molecule has 0 spiro atoms. The van der Waals surface area contributed by atoms with Crippen LogP contribution in [-0.2, 0) is 0 Å². The molecule has 1 aromatic carbocycles. The molecule has 0 unspecified atom stereocenters. The Morgan fingerprint density at radius 1 is 1.48 bits per heavy atom. The minimum atomic E-state index is -0.379. The van der Waals surface area contributed by atoms with Crippen molar-refractivity contribution in [2.75, 3.05) is 7.11 Å². The summed E-state index contributed by atoms with van der Waals surface area (Å²) in [6.07, 6.45) is 3.44. The molecule has 2 rings (SSSR count). The minimum Gasteiger partial charge on any atom is -0.497 e. The van der Waals surface area contributed by atoms with Crippen LogP contribution in [0.2, 0.25) is 0 Å². The quantitative estimate of drug-likeness (QED) is 0.681. The molecule has 0 aromatic heterocycles. The fraction of sp³-hybridized carbons (Fsp3) is 0.375. The van der Waals surface area contributed by atoms with Crippen LogP contribution in [-0.4, -0.2) is 17.6 Å². The van der Waals surface area contributed by atoms with E-state index in [1.54, 1.807) is 12.1 Å². The number of rotatable bonds is 3. The average molecular weight is 288 g/mol. The predicted molar refractivity (Wildman–Crippen MR) is 83.2 cm³/mol. The number of allylic oxidation sites excluding steroid dienone is 1. The summed E-state index contributed by atoms with van der Waals surface area (Å²) in [5.74, 6) is 0.485. The Labute approximate surface area is 124 Å². The fourth-order valence-electron chi connectivity index (χ4n) is 2.72. The summed E-state index contributed by atoms with van der Waals surface area (Å²) >= 11 is 0. The van der Waals surface area contributed by atoms with Crippen LogP contribution in [0.15, 0.2) is 36.0 Å². The monoisotopic (exact) mass is 288 g/mol. The molecular formula is C16H20N2O3. The standard InChI is InChI=1S/C16H20N2O3/c1-11-7-12(10-16(2,3)17-11)8-13-5-6-14(21-4)9-15(13)18(19)20/h5-6,8-9,17H,1,7,10H2,2-4H3/b12-8-. The largest absolute Gasteiger partial charge is 0.497 e. The second-order valence-electron chi connectivity index (χ2n) is 5.95. The van der Waals surface area contributed by atoms with E-state index in [-0.39, 0.29) is 16.1 Å². The van der Waals surface area contributed by atoms with Crippen molar-refractivity contribution in [1.29, 1.82) is 0 Å². The van der Waals surface area contributed by atoms with Gasteiger partial charge >= 0.3 is 0 Å². The molecule has 0 atom stereocenters. The first kappa shape index (κ1) is 15.1. The Balaban J connectivity index is 2.40. The van der Waals surface area contributed by atoms with Crippen molar-refractivity contribution < 1.29 is 9.66 Å². The second-order valence-corrected chi connectivity index (χ2v) is 5.95. The zero-order valence-corrected chi connectivity index (χ0v) is 12.6. The van der Waals surface area contributed by atoms with Crippen molar-refractivity contribution in [3.8, 4) is 5.75 Å². The van der Waals surface area contributed by atoms with Gasteiger partial charge in [0.05, 0.1) is 23.7 Å². The van der Waals surface area contributed by atoms with Crippen LogP contribution in [0.1, 0.15) is 32.3 Å². The summed E-state index contributed by atoms with van der Waals surface area (Å²) in [5.41, 5.74) is 2.65. The Hall–Kier alpha value is -2.30. The van der Waals surface area contributed by atoms with Crippen molar-refractivity contribution in [2.45, 2.75) is 32.2 Å². The summed E-state index contributed by atoms with van der Waals surface area (Å²) in [6, 6.07) is 4.91. The molecule has 1 aliphatic heterocycles. The Bertz CT molecular complexity index is 618. The van der Waals surface area contributed by atoms with E-state index in [1.165, 1.54) is 13.2 Å². The molecule has 0 aliphatic carbocycles. The molecule has 112 valence electrons. The van der Waals surface area contributed by atoms with Crippen LogP contribution in [0.4, 0.5) is 5.69 Å². The second kappa shape index (κ2) is 5.60. The Morgan fingerprint density at radius 3 is 2.76 bits per heavy atom. The molecule has 1 fully saturated rings. The van der Waals surface area contributed by atoms with Gasteiger partial charge in [-0.1, -0.05) is 12.2 Å². The van der Waals surface area contributed by atoms with Crippen LogP contribution < -0.4 is 10.1 Å². The number of hydrogen-bond acceptors (Lipinski definition) is 4. The van der Waals surface area contributed by atoms with Crippen molar-refractivity contribution in [1.82, 2.24) is 5.32 Å². The lowest BCUT2D eigenvalue weighted by atomic mass is 9.86. The lowest BCUT2D eigenvalue weighted by molar-refractivity contribution is -0.385. The molecule has 0 saturated carbocycles. The van der Waals surface area contributed by atoms with Crippen LogP contribution >= 0.6 is 0 Å². The maximum absolute atomic E-state index is 11.2. The highest BCUT2D eigenvalue weighted by atomic mass is 16.6. The van der Waals surface area contributed by atoms with E-state index in [1.807, 2.05) is 6.08 Å². The van der Waals surface area contributed by atoms with Gasteiger partial charge in [0.25, 0.3) is 5.69 Å². The zero-order valence-electron chi connectivity index (χ0n) is 12.6. The zero-order chi connectivity index (χ0) is 15.6. The topological polar surface area (TPSA) is 64.4 Å². The molecule has 5 nitrogen and oxygen atoms in total. The van der Waals surface area contributed by atoms with E-state index in [0.29, 0.717) is 17.7 Å². The van der Waals surface area contributed by atoms with Crippen LogP contribution in [0.3, 0.4) is 0 Å². The lowest BCUT2D eigenvalue weighted by Gasteiger charge is -2.35. The van der Waals surface area contributed by atoms with E-state index in [0.717, 1.165) is 17.7 Å². The molecular weight excluding hydrogens is 268 g/mol. The van der Waals surface area contributed by atoms with E-state index in [4.69, 9.17) is 4.74 Å². The van der Waals surface area contributed by atoms with Gasteiger partial charge in [0.1, 0.15) is 5.75 Å². The van der Waals surface area contributed by atoms with Gasteiger partial charge in [-0.3, -0.25) is 10.1 Å². The van der Waals surface area contributed by atoms with Gasteiger partial charge in [0.15, 0.2) is 0 Å². The molecule has 21 heavy (non-hydrogen) atoms. The van der Waals surface area contributed by atoms with E-state index in [9.17, 15) is 10.1 Å². The van der Waals surface area contributed by atoms with Crippen molar-refractivity contribution in [3.05, 3.63) is 51.7 Å². The van der Waals surface area contributed by atoms with Gasteiger partial charge in [-0.2, -0.15) is 0 Å². The Kier molecular flexibility index (Phi) is 4.02. The molecule has 0 amide bonds.